The van der Waals surface area contributed by atoms with Crippen LogP contribution in [-0.2, 0) is 0 Å². The molecular weight excluding hydrogens is 295 g/mol. The zero-order chi connectivity index (χ0) is 14.5. The molecule has 0 spiro atoms. The number of ether oxygens (including phenoxy) is 1. The van der Waals surface area contributed by atoms with Crippen LogP contribution in [0, 0.1) is 0 Å². The van der Waals surface area contributed by atoms with Crippen LogP contribution < -0.4 is 10.1 Å². The first-order chi connectivity index (χ1) is 9.65. The Balaban J connectivity index is 2.39. The molecule has 5 heteroatoms. The van der Waals surface area contributed by atoms with Crippen molar-refractivity contribution < 1.29 is 4.74 Å². The second kappa shape index (κ2) is 6.93. The van der Waals surface area contributed by atoms with Gasteiger partial charge in [-0.3, -0.25) is 4.98 Å². The Morgan fingerprint density at radius 2 is 2.05 bits per heavy atom. The molecular formula is C15H16Cl2N2O. The minimum Gasteiger partial charge on any atom is -0.495 e. The molecule has 0 aliphatic heterocycles. The van der Waals surface area contributed by atoms with Gasteiger partial charge >= 0.3 is 0 Å². The topological polar surface area (TPSA) is 34.1 Å². The van der Waals surface area contributed by atoms with E-state index in [1.54, 1.807) is 13.3 Å². The Kier molecular flexibility index (Phi) is 5.24. The van der Waals surface area contributed by atoms with Crippen molar-refractivity contribution in [2.45, 2.75) is 13.0 Å². The maximum Gasteiger partial charge on any atom is 0.137 e. The largest absolute Gasteiger partial charge is 0.495 e. The van der Waals surface area contributed by atoms with E-state index in [2.05, 4.69) is 17.2 Å². The van der Waals surface area contributed by atoms with E-state index in [0.29, 0.717) is 15.8 Å². The highest BCUT2D eigenvalue weighted by Gasteiger charge is 2.16. The van der Waals surface area contributed by atoms with Crippen LogP contribution in [0.15, 0.2) is 36.5 Å². The average Bonchev–Trinajstić information content (AvgIpc) is 2.47. The van der Waals surface area contributed by atoms with Crippen LogP contribution in [-0.4, -0.2) is 18.6 Å². The highest BCUT2D eigenvalue weighted by molar-refractivity contribution is 6.32. The third kappa shape index (κ3) is 3.42. The summed E-state index contributed by atoms with van der Waals surface area (Å²) in [5.74, 6) is 0.654. The molecule has 0 fully saturated rings. The number of nitrogens with one attached hydrogen (secondary N) is 1. The molecule has 0 aliphatic rings. The summed E-state index contributed by atoms with van der Waals surface area (Å²) in [6.07, 6.45) is 1.65. The molecule has 0 aliphatic carbocycles. The molecule has 2 rings (SSSR count). The Morgan fingerprint density at radius 1 is 1.25 bits per heavy atom. The van der Waals surface area contributed by atoms with Crippen LogP contribution in [0.1, 0.15) is 24.2 Å². The van der Waals surface area contributed by atoms with Gasteiger partial charge < -0.3 is 10.1 Å². The van der Waals surface area contributed by atoms with Gasteiger partial charge in [0.05, 0.1) is 28.9 Å². The Labute approximate surface area is 128 Å². The summed E-state index contributed by atoms with van der Waals surface area (Å²) < 4.78 is 5.27. The maximum absolute atomic E-state index is 6.07. The van der Waals surface area contributed by atoms with E-state index in [0.717, 1.165) is 17.8 Å². The van der Waals surface area contributed by atoms with Gasteiger partial charge in [0.2, 0.25) is 0 Å². The summed E-state index contributed by atoms with van der Waals surface area (Å²) in [5, 5.41) is 4.62. The lowest BCUT2D eigenvalue weighted by atomic mass is 10.0. The van der Waals surface area contributed by atoms with Crippen molar-refractivity contribution in [3.05, 3.63) is 57.8 Å². The maximum atomic E-state index is 6.07. The average molecular weight is 311 g/mol. The first kappa shape index (κ1) is 15.1. The van der Waals surface area contributed by atoms with Crippen molar-refractivity contribution in [1.29, 1.82) is 0 Å². The first-order valence-electron chi connectivity index (χ1n) is 6.34. The molecule has 106 valence electrons. The lowest BCUT2D eigenvalue weighted by molar-refractivity contribution is 0.414. The van der Waals surface area contributed by atoms with Gasteiger partial charge in [0, 0.05) is 6.20 Å². The molecule has 1 heterocycles. The number of benzene rings is 1. The van der Waals surface area contributed by atoms with Gasteiger partial charge in [-0.25, -0.2) is 0 Å². The summed E-state index contributed by atoms with van der Waals surface area (Å²) >= 11 is 12.0. The Bertz CT molecular complexity index is 573. The van der Waals surface area contributed by atoms with Gasteiger partial charge in [0.25, 0.3) is 0 Å². The van der Waals surface area contributed by atoms with E-state index >= 15 is 0 Å². The number of halogens is 2. The van der Waals surface area contributed by atoms with Crippen molar-refractivity contribution in [2.24, 2.45) is 0 Å². The fourth-order valence-corrected chi connectivity index (χ4v) is 2.32. The Morgan fingerprint density at radius 3 is 2.65 bits per heavy atom. The summed E-state index contributed by atoms with van der Waals surface area (Å²) in [4.78, 5) is 4.38. The van der Waals surface area contributed by atoms with Crippen LogP contribution in [0.25, 0.3) is 0 Å². The molecule has 3 nitrogen and oxygen atoms in total. The number of nitrogens with zero attached hydrogens (tertiary/aromatic N) is 1. The standard InChI is InChI=1S/C15H16Cl2N2O/c1-3-18-15(13-7-5-11(16)9-19-13)10-4-6-12(17)14(8-10)20-2/h4-9,15,18H,3H2,1-2H3. The molecule has 2 aromatic rings. The minimum absolute atomic E-state index is 0.0246. The quantitative estimate of drug-likeness (QED) is 0.903. The van der Waals surface area contributed by atoms with Gasteiger partial charge in [-0.1, -0.05) is 36.2 Å². The van der Waals surface area contributed by atoms with Crippen LogP contribution in [0.5, 0.6) is 5.75 Å². The number of hydrogen-bond acceptors (Lipinski definition) is 3. The zero-order valence-corrected chi connectivity index (χ0v) is 12.9. The smallest absolute Gasteiger partial charge is 0.137 e. The van der Waals surface area contributed by atoms with E-state index in [1.165, 1.54) is 0 Å². The number of hydrogen-bond donors (Lipinski definition) is 1. The van der Waals surface area contributed by atoms with Crippen LogP contribution in [0.4, 0.5) is 0 Å². The van der Waals surface area contributed by atoms with Gasteiger partial charge in [-0.2, -0.15) is 0 Å². The molecule has 1 atom stereocenters. The van der Waals surface area contributed by atoms with E-state index in [9.17, 15) is 0 Å². The number of rotatable bonds is 5. The predicted octanol–water partition coefficient (Wildman–Crippen LogP) is 4.10. The molecule has 0 radical (unpaired) electrons. The lowest BCUT2D eigenvalue weighted by Crippen LogP contribution is -2.22. The van der Waals surface area contributed by atoms with Crippen molar-refractivity contribution in [3.8, 4) is 5.75 Å². The summed E-state index contributed by atoms with van der Waals surface area (Å²) in [7, 11) is 1.60. The molecule has 20 heavy (non-hydrogen) atoms. The number of pyridine rings is 1. The molecule has 1 N–H and O–H groups in total. The molecule has 1 unspecified atom stereocenters. The van der Waals surface area contributed by atoms with E-state index in [-0.39, 0.29) is 6.04 Å². The van der Waals surface area contributed by atoms with E-state index < -0.39 is 0 Å². The second-order valence-electron chi connectivity index (χ2n) is 4.29. The molecule has 0 saturated carbocycles. The number of aromatic nitrogens is 1. The van der Waals surface area contributed by atoms with Crippen molar-refractivity contribution in [1.82, 2.24) is 10.3 Å². The first-order valence-corrected chi connectivity index (χ1v) is 7.09. The Hall–Kier alpha value is -1.29. The minimum atomic E-state index is -0.0246. The molecule has 1 aromatic heterocycles. The van der Waals surface area contributed by atoms with Gasteiger partial charge in [-0.05, 0) is 36.4 Å². The zero-order valence-electron chi connectivity index (χ0n) is 11.4. The fraction of sp³-hybridized carbons (Fsp3) is 0.267. The third-order valence-electron chi connectivity index (χ3n) is 2.96. The van der Waals surface area contributed by atoms with Crippen LogP contribution in [0.2, 0.25) is 10.0 Å². The van der Waals surface area contributed by atoms with E-state index in [4.69, 9.17) is 27.9 Å². The summed E-state index contributed by atoms with van der Waals surface area (Å²) in [6, 6.07) is 9.44. The van der Waals surface area contributed by atoms with Crippen LogP contribution in [0.3, 0.4) is 0 Å². The highest BCUT2D eigenvalue weighted by Crippen LogP contribution is 2.30. The monoisotopic (exact) mass is 310 g/mol. The highest BCUT2D eigenvalue weighted by atomic mass is 35.5. The fourth-order valence-electron chi connectivity index (χ4n) is 2.01. The number of methoxy groups -OCH3 is 1. The van der Waals surface area contributed by atoms with E-state index in [1.807, 2.05) is 30.3 Å². The lowest BCUT2D eigenvalue weighted by Gasteiger charge is -2.19. The molecule has 0 bridgehead atoms. The van der Waals surface area contributed by atoms with Gasteiger partial charge in [0.15, 0.2) is 0 Å². The molecule has 0 amide bonds. The normalized spacial score (nSPS) is 12.2. The summed E-state index contributed by atoms with van der Waals surface area (Å²) in [6.45, 7) is 2.87. The predicted molar refractivity (Wildman–Crippen MR) is 82.8 cm³/mol. The van der Waals surface area contributed by atoms with Crippen molar-refractivity contribution in [2.75, 3.05) is 13.7 Å². The SMILES string of the molecule is CCNC(c1ccc(Cl)c(OC)c1)c1ccc(Cl)cn1. The van der Waals surface area contributed by atoms with Crippen LogP contribution >= 0.6 is 23.2 Å². The van der Waals surface area contributed by atoms with Gasteiger partial charge in [-0.15, -0.1) is 0 Å². The summed E-state index contributed by atoms with van der Waals surface area (Å²) in [5.41, 5.74) is 1.95. The van der Waals surface area contributed by atoms with Crippen molar-refractivity contribution in [3.63, 3.8) is 0 Å². The second-order valence-corrected chi connectivity index (χ2v) is 5.13. The third-order valence-corrected chi connectivity index (χ3v) is 3.50. The van der Waals surface area contributed by atoms with Crippen molar-refractivity contribution >= 4 is 23.2 Å². The molecule has 1 aromatic carbocycles. The van der Waals surface area contributed by atoms with Gasteiger partial charge in [0.1, 0.15) is 5.75 Å². The molecule has 0 saturated heterocycles.